The summed E-state index contributed by atoms with van der Waals surface area (Å²) in [7, 11) is 0. The zero-order valence-electron chi connectivity index (χ0n) is 9.84. The van der Waals surface area contributed by atoms with Crippen molar-refractivity contribution in [2.24, 2.45) is 0 Å². The number of alkyl halides is 3. The van der Waals surface area contributed by atoms with E-state index in [-0.39, 0.29) is 23.6 Å². The molecule has 96 valence electrons. The van der Waals surface area contributed by atoms with Crippen molar-refractivity contribution in [1.29, 1.82) is 0 Å². The lowest BCUT2D eigenvalue weighted by molar-refractivity contribution is -0.0327. The van der Waals surface area contributed by atoms with Gasteiger partial charge in [0.15, 0.2) is 0 Å². The van der Waals surface area contributed by atoms with Gasteiger partial charge in [-0.3, -0.25) is 0 Å². The van der Waals surface area contributed by atoms with E-state index in [0.29, 0.717) is 6.54 Å². The maximum atomic E-state index is 11.9. The van der Waals surface area contributed by atoms with E-state index in [1.54, 1.807) is 0 Å². The second-order valence-electron chi connectivity index (χ2n) is 3.83. The Kier molecular flexibility index (Phi) is 5.33. The fraction of sp³-hybridized carbons (Fsp3) is 0.500. The van der Waals surface area contributed by atoms with Crippen molar-refractivity contribution in [2.45, 2.75) is 25.4 Å². The molecular weight excluding hydrogens is 247 g/mol. The summed E-state index contributed by atoms with van der Waals surface area (Å²) in [5.74, 6) is 0.0414. The highest BCUT2D eigenvalue weighted by molar-refractivity contribution is 8.00. The maximum absolute atomic E-state index is 11.9. The molecule has 0 aliphatic rings. The van der Waals surface area contributed by atoms with Gasteiger partial charge in [-0.05, 0) is 36.7 Å². The van der Waals surface area contributed by atoms with Crippen LogP contribution >= 0.6 is 11.8 Å². The molecule has 1 aromatic rings. The molecule has 5 heteroatoms. The molecule has 0 heterocycles. The van der Waals surface area contributed by atoms with E-state index < -0.39 is 5.51 Å². The first-order valence-electron chi connectivity index (χ1n) is 5.40. The number of aryl methyl sites for hydroxylation is 1. The standard InChI is InChI=1S/C12H16F3NS/c1-9-5-3-4-6-11(9)10(2)16-7-8-17-12(13,14)15/h3-6,10,16H,7-8H2,1-2H3/t10-/m0/s1. The third-order valence-electron chi connectivity index (χ3n) is 2.47. The number of rotatable bonds is 5. The summed E-state index contributed by atoms with van der Waals surface area (Å²) >= 11 is 0.0124. The summed E-state index contributed by atoms with van der Waals surface area (Å²) in [5, 5.41) is 3.09. The Bertz CT molecular complexity index is 352. The Morgan fingerprint density at radius 1 is 1.29 bits per heavy atom. The van der Waals surface area contributed by atoms with Crippen molar-refractivity contribution in [1.82, 2.24) is 5.32 Å². The second kappa shape index (κ2) is 6.31. The van der Waals surface area contributed by atoms with Crippen LogP contribution in [0.25, 0.3) is 0 Å². The van der Waals surface area contributed by atoms with Crippen LogP contribution in [0.2, 0.25) is 0 Å². The minimum atomic E-state index is -4.13. The van der Waals surface area contributed by atoms with Crippen LogP contribution < -0.4 is 5.32 Å². The number of benzene rings is 1. The van der Waals surface area contributed by atoms with Crippen LogP contribution in [0.3, 0.4) is 0 Å². The Morgan fingerprint density at radius 3 is 2.53 bits per heavy atom. The first-order valence-corrected chi connectivity index (χ1v) is 6.38. The van der Waals surface area contributed by atoms with Gasteiger partial charge in [-0.2, -0.15) is 13.2 Å². The van der Waals surface area contributed by atoms with Crippen LogP contribution in [0.5, 0.6) is 0 Å². The van der Waals surface area contributed by atoms with Crippen molar-refractivity contribution in [3.8, 4) is 0 Å². The molecule has 0 fully saturated rings. The molecule has 0 aromatic heterocycles. The number of hydrogen-bond donors (Lipinski definition) is 1. The monoisotopic (exact) mass is 263 g/mol. The summed E-state index contributed by atoms with van der Waals surface area (Å²) in [5.41, 5.74) is -1.85. The van der Waals surface area contributed by atoms with Gasteiger partial charge in [0.2, 0.25) is 0 Å². The van der Waals surface area contributed by atoms with Crippen LogP contribution in [-0.2, 0) is 0 Å². The zero-order chi connectivity index (χ0) is 12.9. The quantitative estimate of drug-likeness (QED) is 0.809. The van der Waals surface area contributed by atoms with E-state index in [1.807, 2.05) is 38.1 Å². The smallest absolute Gasteiger partial charge is 0.309 e. The van der Waals surface area contributed by atoms with Crippen molar-refractivity contribution < 1.29 is 13.2 Å². The van der Waals surface area contributed by atoms with Gasteiger partial charge in [-0.15, -0.1) is 0 Å². The van der Waals surface area contributed by atoms with Gasteiger partial charge >= 0.3 is 5.51 Å². The average Bonchev–Trinajstić information content (AvgIpc) is 2.23. The van der Waals surface area contributed by atoms with Gasteiger partial charge in [0.05, 0.1) is 0 Å². The molecule has 0 saturated carbocycles. The Hall–Kier alpha value is -0.680. The van der Waals surface area contributed by atoms with Crippen LogP contribution in [-0.4, -0.2) is 17.8 Å². The van der Waals surface area contributed by atoms with Gasteiger partial charge in [-0.25, -0.2) is 0 Å². The SMILES string of the molecule is Cc1ccccc1[C@H](C)NCCSC(F)(F)F. The predicted molar refractivity (Wildman–Crippen MR) is 66.1 cm³/mol. The van der Waals surface area contributed by atoms with Crippen molar-refractivity contribution in [2.75, 3.05) is 12.3 Å². The van der Waals surface area contributed by atoms with E-state index in [2.05, 4.69) is 5.32 Å². The topological polar surface area (TPSA) is 12.0 Å². The highest BCUT2D eigenvalue weighted by atomic mass is 32.2. The summed E-state index contributed by atoms with van der Waals surface area (Å²) in [6.07, 6.45) is 0. The van der Waals surface area contributed by atoms with Crippen molar-refractivity contribution >= 4 is 11.8 Å². The van der Waals surface area contributed by atoms with Crippen LogP contribution in [0.15, 0.2) is 24.3 Å². The lowest BCUT2D eigenvalue weighted by atomic mass is 10.0. The van der Waals surface area contributed by atoms with Crippen molar-refractivity contribution in [3.05, 3.63) is 35.4 Å². The fourth-order valence-corrected chi connectivity index (χ4v) is 2.08. The first kappa shape index (κ1) is 14.4. The Morgan fingerprint density at radius 2 is 1.94 bits per heavy atom. The molecule has 0 radical (unpaired) electrons. The molecule has 1 N–H and O–H groups in total. The molecule has 1 rings (SSSR count). The van der Waals surface area contributed by atoms with E-state index >= 15 is 0 Å². The second-order valence-corrected chi connectivity index (χ2v) is 4.99. The third-order valence-corrected chi connectivity index (χ3v) is 3.21. The van der Waals surface area contributed by atoms with Gasteiger partial charge in [0.1, 0.15) is 0 Å². The molecule has 1 nitrogen and oxygen atoms in total. The number of hydrogen-bond acceptors (Lipinski definition) is 2. The van der Waals surface area contributed by atoms with Crippen LogP contribution in [0, 0.1) is 6.92 Å². The Labute approximate surface area is 104 Å². The normalized spacial score (nSPS) is 13.7. The molecule has 0 saturated heterocycles. The lowest BCUT2D eigenvalue weighted by Crippen LogP contribution is -2.23. The van der Waals surface area contributed by atoms with Gasteiger partial charge in [-0.1, -0.05) is 24.3 Å². The minimum absolute atomic E-state index is 0.0124. The molecule has 1 aromatic carbocycles. The number of nitrogens with one attached hydrogen (secondary N) is 1. The van der Waals surface area contributed by atoms with E-state index in [0.717, 1.165) is 11.1 Å². The molecule has 0 bridgehead atoms. The largest absolute Gasteiger partial charge is 0.441 e. The van der Waals surface area contributed by atoms with Crippen molar-refractivity contribution in [3.63, 3.8) is 0 Å². The molecule has 0 spiro atoms. The summed E-state index contributed by atoms with van der Waals surface area (Å²) in [6.45, 7) is 4.30. The number of halogens is 3. The average molecular weight is 263 g/mol. The van der Waals surface area contributed by atoms with E-state index in [9.17, 15) is 13.2 Å². The number of thioether (sulfide) groups is 1. The fourth-order valence-electron chi connectivity index (χ4n) is 1.62. The molecule has 0 unspecified atom stereocenters. The minimum Gasteiger partial charge on any atom is -0.309 e. The molecule has 0 amide bonds. The maximum Gasteiger partial charge on any atom is 0.441 e. The van der Waals surface area contributed by atoms with Crippen LogP contribution in [0.1, 0.15) is 24.1 Å². The van der Waals surface area contributed by atoms with E-state index in [1.165, 1.54) is 0 Å². The van der Waals surface area contributed by atoms with Gasteiger partial charge < -0.3 is 5.32 Å². The predicted octanol–water partition coefficient (Wildman–Crippen LogP) is 3.90. The lowest BCUT2D eigenvalue weighted by Gasteiger charge is -2.16. The first-order chi connectivity index (χ1) is 7.90. The third kappa shape index (κ3) is 5.46. The highest BCUT2D eigenvalue weighted by Crippen LogP contribution is 2.29. The van der Waals surface area contributed by atoms with E-state index in [4.69, 9.17) is 0 Å². The summed E-state index contributed by atoms with van der Waals surface area (Å²) in [4.78, 5) is 0. The molecule has 17 heavy (non-hydrogen) atoms. The molecule has 0 aliphatic heterocycles. The zero-order valence-corrected chi connectivity index (χ0v) is 10.7. The Balaban J connectivity index is 2.36. The molecule has 0 aliphatic carbocycles. The van der Waals surface area contributed by atoms with Gasteiger partial charge in [0, 0.05) is 18.3 Å². The molecule has 1 atom stereocenters. The summed E-state index contributed by atoms with van der Waals surface area (Å²) < 4.78 is 35.7. The summed E-state index contributed by atoms with van der Waals surface area (Å²) in [6, 6.07) is 7.95. The highest BCUT2D eigenvalue weighted by Gasteiger charge is 2.27. The molecular formula is C12H16F3NS. The van der Waals surface area contributed by atoms with Gasteiger partial charge in [0.25, 0.3) is 0 Å². The van der Waals surface area contributed by atoms with Crippen LogP contribution in [0.4, 0.5) is 13.2 Å².